The molecule has 1 unspecified atom stereocenters. The standard InChI is InChI=1S/C21H23FN4O2/c1-15-8-16(11-23-10-15)20(28)25-7-6-21(13-25)14-26(19(27)12-24(21)2)18-5-3-4-17(22)9-18/h3-5,8-11H,6-7,12-14H2,1-2H3. The van der Waals surface area contributed by atoms with Gasteiger partial charge in [0.15, 0.2) is 0 Å². The SMILES string of the molecule is Cc1cncc(C(=O)N2CCC3(C2)CN(c2cccc(F)c2)C(=O)CN3C)c1. The fraction of sp³-hybridized carbons (Fsp3) is 0.381. The summed E-state index contributed by atoms with van der Waals surface area (Å²) in [6.45, 7) is 3.72. The Bertz CT molecular complexity index is 934. The van der Waals surface area contributed by atoms with Crippen molar-refractivity contribution in [3.8, 4) is 0 Å². The molecule has 7 heteroatoms. The minimum absolute atomic E-state index is 0.0457. The maximum absolute atomic E-state index is 13.7. The van der Waals surface area contributed by atoms with Crippen molar-refractivity contribution >= 4 is 17.5 Å². The van der Waals surface area contributed by atoms with E-state index in [2.05, 4.69) is 4.98 Å². The van der Waals surface area contributed by atoms with E-state index in [0.717, 1.165) is 12.0 Å². The van der Waals surface area contributed by atoms with E-state index < -0.39 is 0 Å². The fourth-order valence-electron chi connectivity index (χ4n) is 4.16. The molecular formula is C21H23FN4O2. The molecule has 1 spiro atoms. The van der Waals surface area contributed by atoms with Gasteiger partial charge in [-0.3, -0.25) is 19.5 Å². The molecule has 1 aromatic heterocycles. The van der Waals surface area contributed by atoms with Gasteiger partial charge in [0, 0.05) is 37.7 Å². The molecule has 0 radical (unpaired) electrons. The number of anilines is 1. The van der Waals surface area contributed by atoms with E-state index in [-0.39, 0.29) is 29.7 Å². The molecule has 2 amide bonds. The van der Waals surface area contributed by atoms with Crippen molar-refractivity contribution < 1.29 is 14.0 Å². The summed E-state index contributed by atoms with van der Waals surface area (Å²) in [4.78, 5) is 35.2. The van der Waals surface area contributed by atoms with Gasteiger partial charge in [-0.15, -0.1) is 0 Å². The Morgan fingerprint density at radius 3 is 2.79 bits per heavy atom. The van der Waals surface area contributed by atoms with Crippen LogP contribution in [0.2, 0.25) is 0 Å². The van der Waals surface area contributed by atoms with E-state index in [1.54, 1.807) is 29.4 Å². The first kappa shape index (κ1) is 18.6. The largest absolute Gasteiger partial charge is 0.337 e. The highest BCUT2D eigenvalue weighted by Crippen LogP contribution is 2.34. The molecule has 6 nitrogen and oxygen atoms in total. The first-order valence-corrected chi connectivity index (χ1v) is 9.36. The molecule has 28 heavy (non-hydrogen) atoms. The van der Waals surface area contributed by atoms with E-state index >= 15 is 0 Å². The molecular weight excluding hydrogens is 359 g/mol. The summed E-state index contributed by atoms with van der Waals surface area (Å²) >= 11 is 0. The van der Waals surface area contributed by atoms with E-state index in [4.69, 9.17) is 0 Å². The van der Waals surface area contributed by atoms with Crippen molar-refractivity contribution in [3.63, 3.8) is 0 Å². The number of halogens is 1. The van der Waals surface area contributed by atoms with Crippen LogP contribution in [0, 0.1) is 12.7 Å². The maximum Gasteiger partial charge on any atom is 0.255 e. The van der Waals surface area contributed by atoms with Gasteiger partial charge in [-0.1, -0.05) is 6.07 Å². The Morgan fingerprint density at radius 1 is 1.21 bits per heavy atom. The predicted molar refractivity (Wildman–Crippen MR) is 104 cm³/mol. The van der Waals surface area contributed by atoms with Crippen molar-refractivity contribution in [3.05, 3.63) is 59.7 Å². The van der Waals surface area contributed by atoms with Crippen molar-refractivity contribution in [1.82, 2.24) is 14.8 Å². The van der Waals surface area contributed by atoms with Crippen molar-refractivity contribution in [2.24, 2.45) is 0 Å². The second-order valence-electron chi connectivity index (χ2n) is 7.77. The number of aryl methyl sites for hydroxylation is 1. The van der Waals surface area contributed by atoms with Crippen LogP contribution in [0.4, 0.5) is 10.1 Å². The van der Waals surface area contributed by atoms with Crippen LogP contribution in [-0.2, 0) is 4.79 Å². The maximum atomic E-state index is 13.7. The zero-order valence-corrected chi connectivity index (χ0v) is 16.1. The minimum Gasteiger partial charge on any atom is -0.337 e. The lowest BCUT2D eigenvalue weighted by Gasteiger charge is -2.46. The van der Waals surface area contributed by atoms with E-state index in [1.165, 1.54) is 12.1 Å². The van der Waals surface area contributed by atoms with Crippen molar-refractivity contribution in [1.29, 1.82) is 0 Å². The molecule has 2 aliphatic rings. The lowest BCUT2D eigenvalue weighted by Crippen LogP contribution is -2.64. The highest BCUT2D eigenvalue weighted by Gasteiger charge is 2.48. The van der Waals surface area contributed by atoms with Crippen LogP contribution in [0.25, 0.3) is 0 Å². The topological polar surface area (TPSA) is 56.8 Å². The quantitative estimate of drug-likeness (QED) is 0.798. The Kier molecular flexibility index (Phi) is 4.63. The highest BCUT2D eigenvalue weighted by molar-refractivity contribution is 5.96. The first-order valence-electron chi connectivity index (χ1n) is 9.36. The number of amides is 2. The average molecular weight is 382 g/mol. The Morgan fingerprint density at radius 2 is 2.04 bits per heavy atom. The molecule has 4 rings (SSSR count). The molecule has 0 N–H and O–H groups in total. The minimum atomic E-state index is -0.367. The Hall–Kier alpha value is -2.80. The summed E-state index contributed by atoms with van der Waals surface area (Å²) < 4.78 is 13.7. The smallest absolute Gasteiger partial charge is 0.255 e. The lowest BCUT2D eigenvalue weighted by atomic mass is 9.92. The number of piperazine rings is 1. The number of hydrogen-bond acceptors (Lipinski definition) is 4. The van der Waals surface area contributed by atoms with Gasteiger partial charge >= 0.3 is 0 Å². The molecule has 2 fully saturated rings. The first-order chi connectivity index (χ1) is 13.4. The molecule has 2 aromatic rings. The molecule has 0 bridgehead atoms. The number of carbonyl (C=O) groups excluding carboxylic acids is 2. The molecule has 146 valence electrons. The lowest BCUT2D eigenvalue weighted by molar-refractivity contribution is -0.123. The molecule has 0 aliphatic carbocycles. The number of rotatable bonds is 2. The number of benzene rings is 1. The molecule has 1 atom stereocenters. The number of likely N-dealkylation sites (tertiary alicyclic amines) is 1. The molecule has 2 saturated heterocycles. The number of pyridine rings is 1. The predicted octanol–water partition coefficient (Wildman–Crippen LogP) is 2.09. The van der Waals surface area contributed by atoms with Crippen molar-refractivity contribution in [2.45, 2.75) is 18.9 Å². The van der Waals surface area contributed by atoms with Gasteiger partial charge in [-0.05, 0) is 50.2 Å². The van der Waals surface area contributed by atoms with Gasteiger partial charge in [0.1, 0.15) is 5.82 Å². The van der Waals surface area contributed by atoms with Crippen LogP contribution >= 0.6 is 0 Å². The van der Waals surface area contributed by atoms with Gasteiger partial charge in [-0.25, -0.2) is 4.39 Å². The molecule has 1 aromatic carbocycles. The van der Waals surface area contributed by atoms with Crippen LogP contribution in [0.3, 0.4) is 0 Å². The van der Waals surface area contributed by atoms with E-state index in [0.29, 0.717) is 30.9 Å². The van der Waals surface area contributed by atoms with Crippen LogP contribution in [0.5, 0.6) is 0 Å². The van der Waals surface area contributed by atoms with E-state index in [9.17, 15) is 14.0 Å². The Balaban J connectivity index is 1.57. The number of carbonyl (C=O) groups is 2. The van der Waals surface area contributed by atoms with Crippen LogP contribution < -0.4 is 4.90 Å². The summed E-state index contributed by atoms with van der Waals surface area (Å²) in [5.74, 6) is -0.476. The second-order valence-corrected chi connectivity index (χ2v) is 7.77. The van der Waals surface area contributed by atoms with Gasteiger partial charge in [0.05, 0.1) is 17.6 Å². The highest BCUT2D eigenvalue weighted by atomic mass is 19.1. The zero-order chi connectivity index (χ0) is 19.9. The summed E-state index contributed by atoms with van der Waals surface area (Å²) in [6.07, 6.45) is 4.07. The third-order valence-electron chi connectivity index (χ3n) is 5.80. The van der Waals surface area contributed by atoms with Gasteiger partial charge in [0.2, 0.25) is 5.91 Å². The molecule has 2 aliphatic heterocycles. The third kappa shape index (κ3) is 3.26. The summed E-state index contributed by atoms with van der Waals surface area (Å²) in [7, 11) is 1.92. The third-order valence-corrected chi connectivity index (χ3v) is 5.80. The summed E-state index contributed by atoms with van der Waals surface area (Å²) in [5, 5.41) is 0. The number of aromatic nitrogens is 1. The van der Waals surface area contributed by atoms with Gasteiger partial charge in [-0.2, -0.15) is 0 Å². The van der Waals surface area contributed by atoms with Crippen LogP contribution in [-0.4, -0.2) is 65.4 Å². The average Bonchev–Trinajstić information content (AvgIpc) is 3.09. The van der Waals surface area contributed by atoms with Crippen LogP contribution in [0.1, 0.15) is 22.3 Å². The number of hydrogen-bond donors (Lipinski definition) is 0. The summed E-state index contributed by atoms with van der Waals surface area (Å²) in [5.41, 5.74) is 1.74. The van der Waals surface area contributed by atoms with Crippen LogP contribution in [0.15, 0.2) is 42.7 Å². The second kappa shape index (κ2) is 6.98. The Labute approximate surface area is 163 Å². The normalized spacial score (nSPS) is 22.9. The van der Waals surface area contributed by atoms with E-state index in [1.807, 2.05) is 29.8 Å². The zero-order valence-electron chi connectivity index (χ0n) is 16.1. The number of likely N-dealkylation sites (N-methyl/N-ethyl adjacent to an activating group) is 1. The van der Waals surface area contributed by atoms with Gasteiger partial charge in [0.25, 0.3) is 5.91 Å². The fourth-order valence-corrected chi connectivity index (χ4v) is 4.16. The number of nitrogens with zero attached hydrogens (tertiary/aromatic N) is 4. The monoisotopic (exact) mass is 382 g/mol. The molecule has 0 saturated carbocycles. The summed E-state index contributed by atoms with van der Waals surface area (Å²) in [6, 6.07) is 7.95. The van der Waals surface area contributed by atoms with Crippen molar-refractivity contribution in [2.75, 3.05) is 38.1 Å². The van der Waals surface area contributed by atoms with Gasteiger partial charge < -0.3 is 9.80 Å². The molecule has 3 heterocycles.